The quantitative estimate of drug-likeness (QED) is 0.831. The molecule has 0 fully saturated rings. The molecule has 1 aromatic rings. The maximum atomic E-state index is 5.36. The Hall–Kier alpha value is -0.470. The van der Waals surface area contributed by atoms with Gasteiger partial charge in [-0.05, 0) is 32.4 Å². The fraction of sp³-hybridized carbons (Fsp3) is 0.538. The molecular weight excluding hydrogens is 248 g/mol. The first-order chi connectivity index (χ1) is 8.17. The first-order valence-corrected chi connectivity index (χ1v) is 7.85. The van der Waals surface area contributed by atoms with Gasteiger partial charge in [-0.25, -0.2) is 0 Å². The molecule has 2 N–H and O–H groups in total. The van der Waals surface area contributed by atoms with Crippen molar-refractivity contribution in [1.29, 1.82) is 0 Å². The Labute approximate surface area is 113 Å². The summed E-state index contributed by atoms with van der Waals surface area (Å²) in [6.45, 7) is 3.69. The maximum absolute atomic E-state index is 5.36. The Kier molecular flexibility index (Phi) is 6.68. The van der Waals surface area contributed by atoms with Crippen molar-refractivity contribution in [3.63, 3.8) is 0 Å². The van der Waals surface area contributed by atoms with Crippen LogP contribution in [0.4, 0.5) is 0 Å². The number of hydrogen-bond acceptors (Lipinski definition) is 4. The number of nitrogens with two attached hydrogens (primary N) is 1. The summed E-state index contributed by atoms with van der Waals surface area (Å²) in [5.74, 6) is 7.13. The molecule has 0 radical (unpaired) electrons. The Morgan fingerprint density at radius 2 is 2.29 bits per heavy atom. The van der Waals surface area contributed by atoms with Gasteiger partial charge in [0.15, 0.2) is 0 Å². The van der Waals surface area contributed by atoms with E-state index >= 15 is 0 Å². The summed E-state index contributed by atoms with van der Waals surface area (Å²) < 4.78 is 0. The van der Waals surface area contributed by atoms with E-state index in [9.17, 15) is 0 Å². The minimum Gasteiger partial charge on any atom is -0.320 e. The molecular formula is C13H20N2S2. The molecule has 0 spiro atoms. The minimum absolute atomic E-state index is 0.428. The summed E-state index contributed by atoms with van der Waals surface area (Å²) in [4.78, 5) is 4.85. The topological polar surface area (TPSA) is 29.3 Å². The van der Waals surface area contributed by atoms with Gasteiger partial charge in [0.2, 0.25) is 0 Å². The van der Waals surface area contributed by atoms with Crippen molar-refractivity contribution in [3.8, 4) is 11.8 Å². The minimum atomic E-state index is 0.428. The highest BCUT2D eigenvalue weighted by Gasteiger charge is 2.09. The maximum Gasteiger partial charge on any atom is 0.0772 e. The summed E-state index contributed by atoms with van der Waals surface area (Å²) in [7, 11) is 2.17. The lowest BCUT2D eigenvalue weighted by molar-refractivity contribution is 0.272. The molecule has 1 atom stereocenters. The fourth-order valence-electron chi connectivity index (χ4n) is 1.44. The molecule has 1 heterocycles. The Balaban J connectivity index is 2.54. The van der Waals surface area contributed by atoms with Gasteiger partial charge in [-0.2, -0.15) is 11.8 Å². The summed E-state index contributed by atoms with van der Waals surface area (Å²) >= 11 is 3.65. The van der Waals surface area contributed by atoms with Crippen molar-refractivity contribution < 1.29 is 0 Å². The first-order valence-electron chi connectivity index (χ1n) is 5.64. The standard InChI is InChI=1S/C13H20N2S2/c1-11(10-16-3)15(2)9-13-7-6-12(17-13)5-4-8-14/h6-7,11H,8-10,14H2,1-3H3. The van der Waals surface area contributed by atoms with Crippen molar-refractivity contribution in [2.45, 2.75) is 19.5 Å². The molecule has 1 rings (SSSR count). The van der Waals surface area contributed by atoms with Crippen molar-refractivity contribution in [2.75, 3.05) is 25.6 Å². The van der Waals surface area contributed by atoms with Gasteiger partial charge >= 0.3 is 0 Å². The van der Waals surface area contributed by atoms with Crippen LogP contribution in [0.3, 0.4) is 0 Å². The van der Waals surface area contributed by atoms with E-state index in [1.807, 2.05) is 11.8 Å². The third-order valence-electron chi connectivity index (χ3n) is 2.54. The predicted octanol–water partition coefficient (Wildman–Crippen LogP) is 2.24. The van der Waals surface area contributed by atoms with Crippen LogP contribution in [0.1, 0.15) is 16.7 Å². The monoisotopic (exact) mass is 268 g/mol. The number of hydrogen-bond donors (Lipinski definition) is 1. The molecule has 0 saturated carbocycles. The highest BCUT2D eigenvalue weighted by atomic mass is 32.2. The second kappa shape index (κ2) is 7.78. The van der Waals surface area contributed by atoms with Crippen LogP contribution < -0.4 is 5.73 Å². The summed E-state index contributed by atoms with van der Waals surface area (Å²) in [6.07, 6.45) is 2.15. The van der Waals surface area contributed by atoms with E-state index in [4.69, 9.17) is 5.73 Å². The lowest BCUT2D eigenvalue weighted by atomic mass is 10.3. The average molecular weight is 268 g/mol. The normalized spacial score (nSPS) is 12.3. The Morgan fingerprint density at radius 1 is 1.53 bits per heavy atom. The largest absolute Gasteiger partial charge is 0.320 e. The van der Waals surface area contributed by atoms with Gasteiger partial charge in [-0.3, -0.25) is 4.90 Å². The lowest BCUT2D eigenvalue weighted by Gasteiger charge is -2.23. The van der Waals surface area contributed by atoms with E-state index in [0.29, 0.717) is 12.6 Å². The van der Waals surface area contributed by atoms with Crippen LogP contribution in [0.15, 0.2) is 12.1 Å². The van der Waals surface area contributed by atoms with Gasteiger partial charge in [0.25, 0.3) is 0 Å². The van der Waals surface area contributed by atoms with E-state index in [1.54, 1.807) is 11.3 Å². The second-order valence-electron chi connectivity index (χ2n) is 3.99. The summed E-state index contributed by atoms with van der Waals surface area (Å²) in [5.41, 5.74) is 5.36. The molecule has 1 unspecified atom stereocenters. The number of thiophene rings is 1. The zero-order valence-corrected chi connectivity index (χ0v) is 12.3. The second-order valence-corrected chi connectivity index (χ2v) is 6.07. The molecule has 0 aliphatic heterocycles. The highest BCUT2D eigenvalue weighted by molar-refractivity contribution is 7.98. The van der Waals surface area contributed by atoms with E-state index in [1.165, 1.54) is 10.6 Å². The molecule has 0 amide bonds. The van der Waals surface area contributed by atoms with Gasteiger partial charge in [-0.1, -0.05) is 11.8 Å². The fourth-order valence-corrected chi connectivity index (χ4v) is 3.12. The summed E-state index contributed by atoms with van der Waals surface area (Å²) in [5, 5.41) is 0. The van der Waals surface area contributed by atoms with E-state index in [0.717, 1.165) is 11.4 Å². The lowest BCUT2D eigenvalue weighted by Crippen LogP contribution is -2.30. The average Bonchev–Trinajstić information content (AvgIpc) is 2.74. The van der Waals surface area contributed by atoms with Crippen molar-refractivity contribution in [3.05, 3.63) is 21.9 Å². The molecule has 1 aromatic heterocycles. The SMILES string of the molecule is CSCC(C)N(C)Cc1ccc(C#CCN)s1. The molecule has 0 aliphatic rings. The van der Waals surface area contributed by atoms with Crippen LogP contribution in [0.2, 0.25) is 0 Å². The Bertz CT molecular complexity index is 390. The third kappa shape index (κ3) is 5.13. The van der Waals surface area contributed by atoms with Crippen molar-refractivity contribution in [1.82, 2.24) is 4.90 Å². The summed E-state index contributed by atoms with van der Waals surface area (Å²) in [6, 6.07) is 4.84. The predicted molar refractivity (Wildman–Crippen MR) is 79.6 cm³/mol. The third-order valence-corrected chi connectivity index (χ3v) is 4.34. The van der Waals surface area contributed by atoms with E-state index < -0.39 is 0 Å². The van der Waals surface area contributed by atoms with E-state index in [-0.39, 0.29) is 0 Å². The van der Waals surface area contributed by atoms with Crippen LogP contribution in [-0.2, 0) is 6.54 Å². The van der Waals surface area contributed by atoms with Gasteiger partial charge in [0, 0.05) is 23.2 Å². The number of nitrogens with zero attached hydrogens (tertiary/aromatic N) is 1. The van der Waals surface area contributed by atoms with Crippen LogP contribution >= 0.6 is 23.1 Å². The van der Waals surface area contributed by atoms with Crippen LogP contribution in [-0.4, -0.2) is 36.5 Å². The number of thioether (sulfide) groups is 1. The highest BCUT2D eigenvalue weighted by Crippen LogP contribution is 2.18. The zero-order valence-electron chi connectivity index (χ0n) is 10.7. The molecule has 94 valence electrons. The van der Waals surface area contributed by atoms with Crippen molar-refractivity contribution in [2.24, 2.45) is 5.73 Å². The van der Waals surface area contributed by atoms with Crippen LogP contribution in [0, 0.1) is 11.8 Å². The van der Waals surface area contributed by atoms with Gasteiger partial charge in [0.05, 0.1) is 11.4 Å². The smallest absolute Gasteiger partial charge is 0.0772 e. The molecule has 0 bridgehead atoms. The Morgan fingerprint density at radius 3 is 2.94 bits per heavy atom. The van der Waals surface area contributed by atoms with Gasteiger partial charge < -0.3 is 5.73 Å². The van der Waals surface area contributed by atoms with Gasteiger partial charge in [-0.15, -0.1) is 11.3 Å². The molecule has 0 aromatic carbocycles. The number of rotatable bonds is 5. The van der Waals surface area contributed by atoms with Gasteiger partial charge in [0.1, 0.15) is 0 Å². The first kappa shape index (κ1) is 14.6. The van der Waals surface area contributed by atoms with Crippen molar-refractivity contribution >= 4 is 23.1 Å². The molecule has 4 heteroatoms. The molecule has 0 aliphatic carbocycles. The zero-order chi connectivity index (χ0) is 12.7. The van der Waals surface area contributed by atoms with Crippen LogP contribution in [0.5, 0.6) is 0 Å². The molecule has 0 saturated heterocycles. The molecule has 17 heavy (non-hydrogen) atoms. The molecule has 2 nitrogen and oxygen atoms in total. The van der Waals surface area contributed by atoms with Crippen LogP contribution in [0.25, 0.3) is 0 Å². The van der Waals surface area contributed by atoms with E-state index in [2.05, 4.69) is 49.1 Å².